The first kappa shape index (κ1) is 14.7. The molecule has 2 aromatic carbocycles. The minimum absolute atomic E-state index is 0.116. The van der Waals surface area contributed by atoms with E-state index in [4.69, 9.17) is 5.73 Å². The molecule has 0 fully saturated rings. The van der Waals surface area contributed by atoms with E-state index in [0.717, 1.165) is 5.56 Å². The third kappa shape index (κ3) is 3.87. The number of hydrogen-bond donors (Lipinski definition) is 2. The van der Waals surface area contributed by atoms with E-state index >= 15 is 0 Å². The molecule has 2 rings (SSSR count). The van der Waals surface area contributed by atoms with Crippen molar-refractivity contribution in [3.63, 3.8) is 0 Å². The van der Waals surface area contributed by atoms with Gasteiger partial charge in [-0.15, -0.1) is 0 Å². The fraction of sp³-hybridized carbons (Fsp3) is 0.133. The maximum atomic E-state index is 12.0. The van der Waals surface area contributed by atoms with Gasteiger partial charge in [0.05, 0.1) is 4.92 Å². The molecule has 1 atom stereocenters. The molecule has 21 heavy (non-hydrogen) atoms. The molecule has 0 aliphatic rings. The predicted octanol–water partition coefficient (Wildman–Crippen LogP) is 2.02. The highest BCUT2D eigenvalue weighted by molar-refractivity contribution is 5.94. The van der Waals surface area contributed by atoms with Crippen LogP contribution in [0.25, 0.3) is 0 Å². The molecule has 0 radical (unpaired) electrons. The molecule has 0 heterocycles. The maximum Gasteiger partial charge on any atom is 0.270 e. The first-order valence-electron chi connectivity index (χ1n) is 6.41. The van der Waals surface area contributed by atoms with Crippen molar-refractivity contribution >= 4 is 11.6 Å². The molecule has 2 aromatic rings. The van der Waals surface area contributed by atoms with E-state index in [9.17, 15) is 14.9 Å². The summed E-state index contributed by atoms with van der Waals surface area (Å²) in [5, 5.41) is 13.4. The Kier molecular flexibility index (Phi) is 4.63. The van der Waals surface area contributed by atoms with Gasteiger partial charge in [-0.2, -0.15) is 0 Å². The van der Waals surface area contributed by atoms with Gasteiger partial charge < -0.3 is 11.1 Å². The Labute approximate surface area is 121 Å². The molecule has 0 saturated carbocycles. The SMILES string of the molecule is NC(CNC(=O)c1cccc([N+](=O)[O-])c1)c1ccccc1. The lowest BCUT2D eigenvalue weighted by Gasteiger charge is -2.13. The van der Waals surface area contributed by atoms with Crippen LogP contribution in [0.3, 0.4) is 0 Å². The van der Waals surface area contributed by atoms with Gasteiger partial charge in [-0.1, -0.05) is 36.4 Å². The zero-order valence-electron chi connectivity index (χ0n) is 11.2. The van der Waals surface area contributed by atoms with E-state index in [1.165, 1.54) is 24.3 Å². The van der Waals surface area contributed by atoms with Crippen LogP contribution in [-0.4, -0.2) is 17.4 Å². The van der Waals surface area contributed by atoms with Crippen LogP contribution in [0.1, 0.15) is 22.0 Å². The highest BCUT2D eigenvalue weighted by Crippen LogP contribution is 2.13. The summed E-state index contributed by atoms with van der Waals surface area (Å²) in [6.45, 7) is 0.255. The first-order chi connectivity index (χ1) is 10.1. The summed E-state index contributed by atoms with van der Waals surface area (Å²) < 4.78 is 0. The minimum Gasteiger partial charge on any atom is -0.350 e. The van der Waals surface area contributed by atoms with E-state index in [1.54, 1.807) is 0 Å². The summed E-state index contributed by atoms with van der Waals surface area (Å²) in [7, 11) is 0. The highest BCUT2D eigenvalue weighted by Gasteiger charge is 2.12. The Morgan fingerprint density at radius 1 is 1.19 bits per heavy atom. The lowest BCUT2D eigenvalue weighted by molar-refractivity contribution is -0.384. The van der Waals surface area contributed by atoms with Crippen LogP contribution in [0, 0.1) is 10.1 Å². The number of nitrogens with zero attached hydrogens (tertiary/aromatic N) is 1. The molecule has 0 saturated heterocycles. The van der Waals surface area contributed by atoms with Crippen molar-refractivity contribution < 1.29 is 9.72 Å². The molecule has 6 nitrogen and oxygen atoms in total. The van der Waals surface area contributed by atoms with Crippen LogP contribution in [0.2, 0.25) is 0 Å². The van der Waals surface area contributed by atoms with Crippen molar-refractivity contribution in [2.45, 2.75) is 6.04 Å². The number of carbonyl (C=O) groups excluding carboxylic acids is 1. The maximum absolute atomic E-state index is 12.0. The van der Waals surface area contributed by atoms with Gasteiger partial charge in [0.2, 0.25) is 0 Å². The van der Waals surface area contributed by atoms with Crippen molar-refractivity contribution in [2.75, 3.05) is 6.54 Å². The normalized spacial score (nSPS) is 11.7. The number of nitro groups is 1. The number of nitrogens with two attached hydrogens (primary N) is 1. The van der Waals surface area contributed by atoms with E-state index in [2.05, 4.69) is 5.32 Å². The number of hydrogen-bond acceptors (Lipinski definition) is 4. The average molecular weight is 285 g/mol. The monoisotopic (exact) mass is 285 g/mol. The molecular weight excluding hydrogens is 270 g/mol. The van der Waals surface area contributed by atoms with E-state index in [0.29, 0.717) is 0 Å². The van der Waals surface area contributed by atoms with Crippen molar-refractivity contribution in [3.05, 3.63) is 75.8 Å². The van der Waals surface area contributed by atoms with E-state index in [1.807, 2.05) is 30.3 Å². The standard InChI is InChI=1S/C15H15N3O3/c16-14(11-5-2-1-3-6-11)10-17-15(19)12-7-4-8-13(9-12)18(20)21/h1-9,14H,10,16H2,(H,17,19). The number of nitrogens with one attached hydrogen (secondary N) is 1. The number of carbonyl (C=O) groups is 1. The zero-order chi connectivity index (χ0) is 15.2. The van der Waals surface area contributed by atoms with Crippen LogP contribution in [-0.2, 0) is 0 Å². The third-order valence-electron chi connectivity index (χ3n) is 3.03. The van der Waals surface area contributed by atoms with Crippen molar-refractivity contribution in [1.82, 2.24) is 5.32 Å². The Bertz CT molecular complexity index is 644. The molecule has 0 spiro atoms. The summed E-state index contributed by atoms with van der Waals surface area (Å²) >= 11 is 0. The molecule has 6 heteroatoms. The van der Waals surface area contributed by atoms with Gasteiger partial charge in [-0.05, 0) is 11.6 Å². The number of nitro benzene ring substituents is 1. The third-order valence-corrected chi connectivity index (χ3v) is 3.03. The van der Waals surface area contributed by atoms with Crippen LogP contribution in [0.4, 0.5) is 5.69 Å². The second kappa shape index (κ2) is 6.62. The minimum atomic E-state index is -0.535. The van der Waals surface area contributed by atoms with E-state index in [-0.39, 0.29) is 29.7 Å². The largest absolute Gasteiger partial charge is 0.350 e. The molecule has 0 aliphatic carbocycles. The summed E-state index contributed by atoms with van der Waals surface area (Å²) in [5.41, 5.74) is 7.01. The Balaban J connectivity index is 1.99. The summed E-state index contributed by atoms with van der Waals surface area (Å²) in [5.74, 6) is -0.384. The van der Waals surface area contributed by atoms with Gasteiger partial charge in [0.25, 0.3) is 11.6 Å². The van der Waals surface area contributed by atoms with Gasteiger partial charge in [0.15, 0.2) is 0 Å². The molecule has 3 N–H and O–H groups in total. The average Bonchev–Trinajstić information content (AvgIpc) is 2.53. The van der Waals surface area contributed by atoms with Crippen LogP contribution in [0.15, 0.2) is 54.6 Å². The Hall–Kier alpha value is -2.73. The van der Waals surface area contributed by atoms with Crippen LogP contribution < -0.4 is 11.1 Å². The zero-order valence-corrected chi connectivity index (χ0v) is 11.2. The second-order valence-electron chi connectivity index (χ2n) is 4.53. The topological polar surface area (TPSA) is 98.3 Å². The first-order valence-corrected chi connectivity index (χ1v) is 6.41. The summed E-state index contributed by atoms with van der Waals surface area (Å²) in [4.78, 5) is 22.1. The van der Waals surface area contributed by atoms with Gasteiger partial charge in [0.1, 0.15) is 0 Å². The molecular formula is C15H15N3O3. The molecule has 1 amide bonds. The van der Waals surface area contributed by atoms with E-state index < -0.39 is 4.92 Å². The second-order valence-corrected chi connectivity index (χ2v) is 4.53. The Morgan fingerprint density at radius 2 is 1.90 bits per heavy atom. The molecule has 108 valence electrons. The highest BCUT2D eigenvalue weighted by atomic mass is 16.6. The van der Waals surface area contributed by atoms with Gasteiger partial charge in [-0.25, -0.2) is 0 Å². The quantitative estimate of drug-likeness (QED) is 0.648. The molecule has 0 aromatic heterocycles. The van der Waals surface area contributed by atoms with Gasteiger partial charge in [-0.3, -0.25) is 14.9 Å². The smallest absolute Gasteiger partial charge is 0.270 e. The van der Waals surface area contributed by atoms with Crippen molar-refractivity contribution in [1.29, 1.82) is 0 Å². The van der Waals surface area contributed by atoms with Crippen LogP contribution in [0.5, 0.6) is 0 Å². The fourth-order valence-corrected chi connectivity index (χ4v) is 1.88. The fourth-order valence-electron chi connectivity index (χ4n) is 1.88. The molecule has 0 bridgehead atoms. The molecule has 1 unspecified atom stereocenters. The number of rotatable bonds is 5. The van der Waals surface area contributed by atoms with Gasteiger partial charge >= 0.3 is 0 Å². The van der Waals surface area contributed by atoms with Crippen LogP contribution >= 0.6 is 0 Å². The van der Waals surface area contributed by atoms with Crippen molar-refractivity contribution in [3.8, 4) is 0 Å². The lowest BCUT2D eigenvalue weighted by atomic mass is 10.1. The summed E-state index contributed by atoms with van der Waals surface area (Å²) in [6, 6.07) is 14.6. The number of amides is 1. The van der Waals surface area contributed by atoms with Gasteiger partial charge in [0, 0.05) is 30.3 Å². The number of benzene rings is 2. The number of non-ortho nitro benzene ring substituents is 1. The van der Waals surface area contributed by atoms with Crippen molar-refractivity contribution in [2.24, 2.45) is 5.73 Å². The predicted molar refractivity (Wildman–Crippen MR) is 78.8 cm³/mol. The lowest BCUT2D eigenvalue weighted by Crippen LogP contribution is -2.31. The Morgan fingerprint density at radius 3 is 2.57 bits per heavy atom. The molecule has 0 aliphatic heterocycles. The summed E-state index contributed by atoms with van der Waals surface area (Å²) in [6.07, 6.45) is 0.